The summed E-state index contributed by atoms with van der Waals surface area (Å²) in [6.45, 7) is 2.99. The highest BCUT2D eigenvalue weighted by Crippen LogP contribution is 2.32. The van der Waals surface area contributed by atoms with E-state index in [1.807, 2.05) is 22.3 Å². The number of rotatable bonds is 4. The van der Waals surface area contributed by atoms with Crippen LogP contribution < -0.4 is 0 Å². The van der Waals surface area contributed by atoms with Gasteiger partial charge < -0.3 is 5.11 Å². The summed E-state index contributed by atoms with van der Waals surface area (Å²) in [6.07, 6.45) is 4.09. The van der Waals surface area contributed by atoms with Gasteiger partial charge in [0.15, 0.2) is 0 Å². The van der Waals surface area contributed by atoms with Crippen LogP contribution in [-0.2, 0) is 6.54 Å². The molecule has 2 aromatic heterocycles. The summed E-state index contributed by atoms with van der Waals surface area (Å²) in [4.78, 5) is 0.927. The van der Waals surface area contributed by atoms with Gasteiger partial charge in [-0.3, -0.25) is 4.68 Å². The molecule has 2 aromatic rings. The summed E-state index contributed by atoms with van der Waals surface area (Å²) in [5, 5.41) is 16.3. The second-order valence-corrected chi connectivity index (χ2v) is 5.37. The van der Waals surface area contributed by atoms with Gasteiger partial charge in [-0.2, -0.15) is 5.10 Å². The molecule has 1 atom stereocenters. The van der Waals surface area contributed by atoms with Crippen molar-refractivity contribution in [2.45, 2.75) is 26.0 Å². The van der Waals surface area contributed by atoms with E-state index in [4.69, 9.17) is 0 Å². The molecule has 0 aliphatic carbocycles. The van der Waals surface area contributed by atoms with Crippen LogP contribution in [0.2, 0.25) is 0 Å². The van der Waals surface area contributed by atoms with Crippen molar-refractivity contribution < 1.29 is 5.11 Å². The summed E-state index contributed by atoms with van der Waals surface area (Å²) < 4.78 is 2.81. The van der Waals surface area contributed by atoms with Crippen molar-refractivity contribution >= 4 is 27.3 Å². The van der Waals surface area contributed by atoms with Crippen LogP contribution >= 0.6 is 27.3 Å². The van der Waals surface area contributed by atoms with Crippen LogP contribution in [0.15, 0.2) is 28.3 Å². The molecule has 0 aliphatic heterocycles. The number of aromatic nitrogens is 2. The predicted octanol–water partition coefficient (Wildman–Crippen LogP) is 3.20. The Hall–Kier alpha value is -0.650. The summed E-state index contributed by atoms with van der Waals surface area (Å²) in [7, 11) is 0. The van der Waals surface area contributed by atoms with Crippen LogP contribution in [0.5, 0.6) is 0 Å². The number of thiophene rings is 1. The molecule has 3 nitrogen and oxygen atoms in total. The number of halogens is 1. The predicted molar refractivity (Wildman–Crippen MR) is 68.6 cm³/mol. The number of aryl methyl sites for hydroxylation is 1. The first-order chi connectivity index (χ1) is 7.72. The molecule has 0 aromatic carbocycles. The zero-order valence-corrected chi connectivity index (χ0v) is 11.3. The van der Waals surface area contributed by atoms with Crippen LogP contribution in [0.3, 0.4) is 0 Å². The Kier molecular flexibility index (Phi) is 3.78. The normalized spacial score (nSPS) is 12.9. The smallest absolute Gasteiger partial charge is 0.117 e. The van der Waals surface area contributed by atoms with Gasteiger partial charge in [0.05, 0.1) is 11.1 Å². The number of nitrogens with zero attached hydrogens (tertiary/aromatic N) is 2. The highest BCUT2D eigenvalue weighted by atomic mass is 79.9. The van der Waals surface area contributed by atoms with Crippen molar-refractivity contribution in [1.29, 1.82) is 0 Å². The molecule has 0 bridgehead atoms. The average molecular weight is 301 g/mol. The lowest BCUT2D eigenvalue weighted by Crippen LogP contribution is -1.98. The third-order valence-corrected chi connectivity index (χ3v) is 4.24. The van der Waals surface area contributed by atoms with Gasteiger partial charge >= 0.3 is 0 Å². The highest BCUT2D eigenvalue weighted by Gasteiger charge is 2.16. The molecule has 0 saturated heterocycles. The zero-order chi connectivity index (χ0) is 11.5. The van der Waals surface area contributed by atoms with Crippen LogP contribution in [0, 0.1) is 0 Å². The van der Waals surface area contributed by atoms with E-state index in [-0.39, 0.29) is 0 Å². The van der Waals surface area contributed by atoms with E-state index in [9.17, 15) is 5.11 Å². The van der Waals surface area contributed by atoms with Crippen molar-refractivity contribution in [3.8, 4) is 0 Å². The third kappa shape index (κ3) is 2.36. The molecule has 86 valence electrons. The standard InChI is InChI=1S/C11H13BrN2OS/c1-2-4-14-7-8(6-13-14)10(15)11-9(12)3-5-16-11/h3,5-7,10,15H,2,4H2,1H3. The fourth-order valence-electron chi connectivity index (χ4n) is 1.52. The van der Waals surface area contributed by atoms with Crippen LogP contribution in [0.1, 0.15) is 29.9 Å². The molecule has 1 unspecified atom stereocenters. The molecule has 1 N–H and O–H groups in total. The van der Waals surface area contributed by atoms with Gasteiger partial charge in [0, 0.05) is 22.8 Å². The van der Waals surface area contributed by atoms with E-state index in [1.165, 1.54) is 0 Å². The maximum absolute atomic E-state index is 10.2. The number of hydrogen-bond donors (Lipinski definition) is 1. The van der Waals surface area contributed by atoms with Gasteiger partial charge in [0.2, 0.25) is 0 Å². The molecule has 0 spiro atoms. The SMILES string of the molecule is CCCn1cc(C(O)c2sccc2Br)cn1. The van der Waals surface area contributed by atoms with E-state index < -0.39 is 6.10 Å². The molecule has 0 aliphatic rings. The topological polar surface area (TPSA) is 38.0 Å². The Bertz CT molecular complexity index is 466. The van der Waals surface area contributed by atoms with Crippen LogP contribution in [-0.4, -0.2) is 14.9 Å². The third-order valence-electron chi connectivity index (χ3n) is 2.31. The summed E-state index contributed by atoms with van der Waals surface area (Å²) in [6, 6.07) is 1.94. The van der Waals surface area contributed by atoms with Crippen LogP contribution in [0.4, 0.5) is 0 Å². The molecule has 2 rings (SSSR count). The van der Waals surface area contributed by atoms with E-state index >= 15 is 0 Å². The Morgan fingerprint density at radius 1 is 1.62 bits per heavy atom. The Balaban J connectivity index is 2.20. The number of hydrogen-bond acceptors (Lipinski definition) is 3. The van der Waals surface area contributed by atoms with Gasteiger partial charge in [-0.15, -0.1) is 11.3 Å². The van der Waals surface area contributed by atoms with E-state index in [0.717, 1.165) is 27.9 Å². The summed E-state index contributed by atoms with van der Waals surface area (Å²) >= 11 is 4.97. The fraction of sp³-hybridized carbons (Fsp3) is 0.364. The number of aliphatic hydroxyl groups excluding tert-OH is 1. The lowest BCUT2D eigenvalue weighted by Gasteiger charge is -2.06. The van der Waals surface area contributed by atoms with Crippen molar-refractivity contribution in [3.05, 3.63) is 38.8 Å². The first kappa shape index (κ1) is 11.8. The highest BCUT2D eigenvalue weighted by molar-refractivity contribution is 9.10. The summed E-state index contributed by atoms with van der Waals surface area (Å²) in [5.74, 6) is 0. The van der Waals surface area contributed by atoms with Crippen molar-refractivity contribution in [2.24, 2.45) is 0 Å². The maximum atomic E-state index is 10.2. The Labute approximate surface area is 107 Å². The van der Waals surface area contributed by atoms with Gasteiger partial charge in [-0.25, -0.2) is 0 Å². The van der Waals surface area contributed by atoms with Crippen molar-refractivity contribution in [3.63, 3.8) is 0 Å². The molecule has 16 heavy (non-hydrogen) atoms. The van der Waals surface area contributed by atoms with Crippen LogP contribution in [0.25, 0.3) is 0 Å². The van der Waals surface area contributed by atoms with Crippen molar-refractivity contribution in [1.82, 2.24) is 9.78 Å². The minimum atomic E-state index is -0.583. The molecule has 0 saturated carbocycles. The van der Waals surface area contributed by atoms with Gasteiger partial charge in [0.1, 0.15) is 6.10 Å². The summed E-state index contributed by atoms with van der Waals surface area (Å²) in [5.41, 5.74) is 0.844. The van der Waals surface area contributed by atoms with Gasteiger partial charge in [-0.05, 0) is 33.8 Å². The second-order valence-electron chi connectivity index (χ2n) is 3.57. The van der Waals surface area contributed by atoms with E-state index in [1.54, 1.807) is 17.5 Å². The van der Waals surface area contributed by atoms with E-state index in [2.05, 4.69) is 28.0 Å². The Morgan fingerprint density at radius 2 is 2.44 bits per heavy atom. The molecular weight excluding hydrogens is 288 g/mol. The second kappa shape index (κ2) is 5.12. The molecule has 5 heteroatoms. The monoisotopic (exact) mass is 300 g/mol. The zero-order valence-electron chi connectivity index (χ0n) is 8.93. The fourth-order valence-corrected chi connectivity index (χ4v) is 3.12. The largest absolute Gasteiger partial charge is 0.383 e. The first-order valence-electron chi connectivity index (χ1n) is 5.15. The minimum Gasteiger partial charge on any atom is -0.383 e. The van der Waals surface area contributed by atoms with Gasteiger partial charge in [-0.1, -0.05) is 6.92 Å². The van der Waals surface area contributed by atoms with E-state index in [0.29, 0.717) is 0 Å². The molecule has 0 fully saturated rings. The van der Waals surface area contributed by atoms with Crippen molar-refractivity contribution in [2.75, 3.05) is 0 Å². The molecule has 0 radical (unpaired) electrons. The minimum absolute atomic E-state index is 0.583. The molecular formula is C11H13BrN2OS. The molecule has 0 amide bonds. The average Bonchev–Trinajstić information content (AvgIpc) is 2.87. The van der Waals surface area contributed by atoms with Gasteiger partial charge in [0.25, 0.3) is 0 Å². The lowest BCUT2D eigenvalue weighted by molar-refractivity contribution is 0.223. The quantitative estimate of drug-likeness (QED) is 0.941. The maximum Gasteiger partial charge on any atom is 0.117 e. The molecule has 2 heterocycles. The first-order valence-corrected chi connectivity index (χ1v) is 6.83. The number of aliphatic hydroxyl groups is 1. The lowest BCUT2D eigenvalue weighted by atomic mass is 10.2. The Morgan fingerprint density at radius 3 is 3.06 bits per heavy atom.